The van der Waals surface area contributed by atoms with Crippen LogP contribution in [0.3, 0.4) is 0 Å². The molecule has 0 saturated carbocycles. The zero-order chi connectivity index (χ0) is 17.9. The van der Waals surface area contributed by atoms with Crippen LogP contribution in [0.15, 0.2) is 5.11 Å². The Hall–Kier alpha value is -1.60. The fourth-order valence-electron chi connectivity index (χ4n) is 3.20. The van der Waals surface area contributed by atoms with Crippen LogP contribution in [0.4, 0.5) is 4.79 Å². The van der Waals surface area contributed by atoms with Crippen molar-refractivity contribution in [1.29, 1.82) is 0 Å². The van der Waals surface area contributed by atoms with Gasteiger partial charge in [0.1, 0.15) is 0 Å². The highest BCUT2D eigenvalue weighted by molar-refractivity contribution is 8.00. The Kier molecular flexibility index (Phi) is 8.76. The lowest BCUT2D eigenvalue weighted by molar-refractivity contribution is -0.143. The number of carbonyl (C=O) groups excluding carboxylic acids is 2. The van der Waals surface area contributed by atoms with E-state index in [-0.39, 0.29) is 24.1 Å². The Bertz CT molecular complexity index is 498. The van der Waals surface area contributed by atoms with Crippen LogP contribution >= 0.6 is 11.8 Å². The highest BCUT2D eigenvalue weighted by Gasteiger charge is 2.42. The molecule has 0 aromatic heterocycles. The van der Waals surface area contributed by atoms with Crippen molar-refractivity contribution in [3.8, 4) is 0 Å². The second kappa shape index (κ2) is 11.1. The molecule has 9 heteroatoms. The molecule has 25 heavy (non-hydrogen) atoms. The molecule has 2 N–H and O–H groups in total. The second-order valence-corrected chi connectivity index (χ2v) is 7.73. The summed E-state index contributed by atoms with van der Waals surface area (Å²) in [5.74, 6) is 0.848. The molecule has 2 heterocycles. The largest absolute Gasteiger partial charge is 0.466 e. The lowest BCUT2D eigenvalue weighted by atomic mass is 10.0. The molecule has 2 aliphatic rings. The molecule has 2 rings (SSSR count). The van der Waals surface area contributed by atoms with Gasteiger partial charge in [-0.25, -0.2) is 4.79 Å². The highest BCUT2D eigenvalue weighted by Crippen LogP contribution is 2.33. The van der Waals surface area contributed by atoms with Gasteiger partial charge in [-0.2, -0.15) is 11.8 Å². The molecule has 2 amide bonds. The molecular formula is C16H27N5O3S. The Morgan fingerprint density at radius 3 is 2.92 bits per heavy atom. The number of nitrogens with zero attached hydrogens (tertiary/aromatic N) is 3. The maximum atomic E-state index is 11.7. The van der Waals surface area contributed by atoms with E-state index in [1.807, 2.05) is 11.8 Å². The lowest BCUT2D eigenvalue weighted by Gasteiger charge is -2.16. The Balaban J connectivity index is 1.42. The molecular weight excluding hydrogens is 342 g/mol. The average Bonchev–Trinajstić information content (AvgIpc) is 3.13. The minimum Gasteiger partial charge on any atom is -0.466 e. The number of ether oxygens (including phenoxy) is 1. The van der Waals surface area contributed by atoms with Crippen LogP contribution in [-0.4, -0.2) is 48.2 Å². The summed E-state index contributed by atoms with van der Waals surface area (Å²) in [4.78, 5) is 25.7. The molecule has 3 atom stereocenters. The number of azide groups is 1. The number of fused-ring (bicyclic) bond motifs is 1. The number of carbonyl (C=O) groups is 2. The molecule has 0 aliphatic carbocycles. The molecule has 0 aromatic carbocycles. The van der Waals surface area contributed by atoms with Crippen molar-refractivity contribution in [2.75, 3.05) is 18.9 Å². The fraction of sp³-hybridized carbons (Fsp3) is 0.875. The molecule has 0 aromatic rings. The zero-order valence-corrected chi connectivity index (χ0v) is 15.3. The number of esters is 1. The van der Waals surface area contributed by atoms with Crippen LogP contribution in [0.2, 0.25) is 0 Å². The van der Waals surface area contributed by atoms with Crippen LogP contribution in [0.1, 0.15) is 51.4 Å². The zero-order valence-electron chi connectivity index (χ0n) is 14.5. The highest BCUT2D eigenvalue weighted by atomic mass is 32.2. The Morgan fingerprint density at radius 2 is 2.08 bits per heavy atom. The summed E-state index contributed by atoms with van der Waals surface area (Å²) >= 11 is 1.90. The number of urea groups is 1. The van der Waals surface area contributed by atoms with E-state index in [2.05, 4.69) is 20.7 Å². The summed E-state index contributed by atoms with van der Waals surface area (Å²) in [7, 11) is 0. The maximum absolute atomic E-state index is 11.7. The average molecular weight is 369 g/mol. The van der Waals surface area contributed by atoms with Gasteiger partial charge >= 0.3 is 12.0 Å². The van der Waals surface area contributed by atoms with Crippen molar-refractivity contribution in [2.45, 2.75) is 68.7 Å². The summed E-state index contributed by atoms with van der Waals surface area (Å²) < 4.78 is 5.23. The van der Waals surface area contributed by atoms with Crippen LogP contribution in [0, 0.1) is 0 Å². The van der Waals surface area contributed by atoms with Gasteiger partial charge in [-0.05, 0) is 31.2 Å². The number of hydrogen-bond acceptors (Lipinski definition) is 5. The van der Waals surface area contributed by atoms with Gasteiger partial charge in [0.25, 0.3) is 0 Å². The van der Waals surface area contributed by atoms with Gasteiger partial charge in [0.15, 0.2) is 0 Å². The van der Waals surface area contributed by atoms with E-state index in [0.29, 0.717) is 24.8 Å². The number of hydrogen-bond donors (Lipinski definition) is 2. The van der Waals surface area contributed by atoms with Gasteiger partial charge in [0, 0.05) is 28.9 Å². The summed E-state index contributed by atoms with van der Waals surface area (Å²) in [6.45, 7) is 1.01. The van der Waals surface area contributed by atoms with E-state index in [1.165, 1.54) is 0 Å². The van der Waals surface area contributed by atoms with Crippen LogP contribution < -0.4 is 10.6 Å². The van der Waals surface area contributed by atoms with Crippen LogP contribution in [0.25, 0.3) is 10.4 Å². The van der Waals surface area contributed by atoms with E-state index in [0.717, 1.165) is 50.7 Å². The van der Waals surface area contributed by atoms with Gasteiger partial charge in [0.05, 0.1) is 18.7 Å². The summed E-state index contributed by atoms with van der Waals surface area (Å²) in [6.07, 6.45) is 7.01. The Labute approximate surface area is 152 Å². The molecule has 140 valence electrons. The first-order chi connectivity index (χ1) is 12.2. The smallest absolute Gasteiger partial charge is 0.315 e. The van der Waals surface area contributed by atoms with Gasteiger partial charge in [-0.1, -0.05) is 24.4 Å². The van der Waals surface area contributed by atoms with Crippen molar-refractivity contribution >= 4 is 23.8 Å². The number of rotatable bonds is 12. The van der Waals surface area contributed by atoms with Crippen molar-refractivity contribution in [3.63, 3.8) is 0 Å². The molecule has 0 bridgehead atoms. The molecule has 8 nitrogen and oxygen atoms in total. The van der Waals surface area contributed by atoms with E-state index < -0.39 is 0 Å². The SMILES string of the molecule is [N-]=[N+]=NCCCCCCOC(=O)CCCC[C@@H]1SC[C@@H]2NC(=O)N[C@@H]21. The van der Waals surface area contributed by atoms with Gasteiger partial charge in [-0.15, -0.1) is 0 Å². The van der Waals surface area contributed by atoms with Crippen molar-refractivity contribution < 1.29 is 14.3 Å². The standard InChI is InChI=1S/C16H27N5O3S/c17-21-18-9-5-1-2-6-10-24-14(22)8-4-3-7-13-15-12(11-25-13)19-16(23)20-15/h12-13,15H,1-11H2,(H2,19,20,23)/t12-,13-,15-/m0/s1. The number of unbranched alkanes of at least 4 members (excludes halogenated alkanes) is 4. The number of thioether (sulfide) groups is 1. The number of amides is 2. The van der Waals surface area contributed by atoms with E-state index >= 15 is 0 Å². The monoisotopic (exact) mass is 369 g/mol. The number of nitrogens with one attached hydrogen (secondary N) is 2. The molecule has 0 unspecified atom stereocenters. The van der Waals surface area contributed by atoms with Gasteiger partial charge < -0.3 is 15.4 Å². The van der Waals surface area contributed by atoms with Gasteiger partial charge in [0.2, 0.25) is 0 Å². The molecule has 0 spiro atoms. The molecule has 2 aliphatic heterocycles. The summed E-state index contributed by atoms with van der Waals surface area (Å²) in [5.41, 5.74) is 8.15. The topological polar surface area (TPSA) is 116 Å². The van der Waals surface area contributed by atoms with E-state index in [9.17, 15) is 9.59 Å². The van der Waals surface area contributed by atoms with E-state index in [4.69, 9.17) is 10.3 Å². The van der Waals surface area contributed by atoms with Gasteiger partial charge in [-0.3, -0.25) is 4.79 Å². The summed E-state index contributed by atoms with van der Waals surface area (Å²) in [5, 5.41) is 9.85. The predicted molar refractivity (Wildman–Crippen MR) is 97.4 cm³/mol. The molecule has 0 radical (unpaired) electrons. The minimum atomic E-state index is -0.123. The quantitative estimate of drug-likeness (QED) is 0.137. The third-order valence-electron chi connectivity index (χ3n) is 4.54. The van der Waals surface area contributed by atoms with E-state index in [1.54, 1.807) is 0 Å². The molecule has 2 saturated heterocycles. The fourth-order valence-corrected chi connectivity index (χ4v) is 4.74. The first kappa shape index (κ1) is 19.7. The van der Waals surface area contributed by atoms with Crippen molar-refractivity contribution in [3.05, 3.63) is 10.4 Å². The normalized spacial score (nSPS) is 24.2. The Morgan fingerprint density at radius 1 is 1.24 bits per heavy atom. The first-order valence-corrected chi connectivity index (χ1v) is 10.1. The summed E-state index contributed by atoms with van der Waals surface area (Å²) in [6, 6.07) is 0.448. The third-order valence-corrected chi connectivity index (χ3v) is 6.05. The third kappa shape index (κ3) is 7.04. The lowest BCUT2D eigenvalue weighted by Crippen LogP contribution is -2.36. The van der Waals surface area contributed by atoms with Crippen molar-refractivity contribution in [1.82, 2.24) is 10.6 Å². The predicted octanol–water partition coefficient (Wildman–Crippen LogP) is 3.13. The van der Waals surface area contributed by atoms with Crippen molar-refractivity contribution in [2.24, 2.45) is 5.11 Å². The van der Waals surface area contributed by atoms with Crippen LogP contribution in [0.5, 0.6) is 0 Å². The molecule has 2 fully saturated rings. The van der Waals surface area contributed by atoms with Crippen LogP contribution in [-0.2, 0) is 9.53 Å². The minimum absolute atomic E-state index is 0.0540. The second-order valence-electron chi connectivity index (χ2n) is 6.46. The first-order valence-electron chi connectivity index (χ1n) is 9.06. The maximum Gasteiger partial charge on any atom is 0.315 e.